The number of aliphatic imine (C=N–C) groups is 1. The Labute approximate surface area is 125 Å². The molecule has 1 aromatic rings. The van der Waals surface area contributed by atoms with E-state index in [2.05, 4.69) is 10.3 Å². The number of anilines is 1. The second-order valence-electron chi connectivity index (χ2n) is 5.26. The molecule has 5 nitrogen and oxygen atoms in total. The molecule has 114 valence electrons. The molecule has 21 heavy (non-hydrogen) atoms. The van der Waals surface area contributed by atoms with Crippen molar-refractivity contribution in [3.8, 4) is 0 Å². The summed E-state index contributed by atoms with van der Waals surface area (Å²) in [6.45, 7) is 0.519. The Bertz CT molecular complexity index is 468. The zero-order chi connectivity index (χ0) is 14.9. The zero-order valence-electron chi connectivity index (χ0n) is 12.3. The van der Waals surface area contributed by atoms with Crippen molar-refractivity contribution < 1.29 is 9.53 Å². The second-order valence-corrected chi connectivity index (χ2v) is 5.26. The van der Waals surface area contributed by atoms with Gasteiger partial charge in [0.1, 0.15) is 6.10 Å². The van der Waals surface area contributed by atoms with Crippen molar-refractivity contribution in [2.24, 2.45) is 10.7 Å². The number of nitrogens with one attached hydrogen (secondary N) is 1. The number of hydrogen-bond acceptors (Lipinski definition) is 3. The van der Waals surface area contributed by atoms with Crippen LogP contribution in [0.3, 0.4) is 0 Å². The van der Waals surface area contributed by atoms with Gasteiger partial charge in [0.05, 0.1) is 0 Å². The average molecular weight is 289 g/mol. The van der Waals surface area contributed by atoms with E-state index in [0.29, 0.717) is 25.3 Å². The molecule has 0 unspecified atom stereocenters. The standard InChI is InChI=1S/C16H23N3O2/c17-16(19-13-7-2-1-3-8-13)18-12-6-11-15(20)21-14-9-4-5-10-14/h1-3,7-8,14H,4-6,9-12H2,(H3,17,18,19). The first-order valence-electron chi connectivity index (χ1n) is 7.55. The third-order valence-electron chi connectivity index (χ3n) is 3.47. The lowest BCUT2D eigenvalue weighted by molar-refractivity contribution is -0.148. The molecule has 1 saturated carbocycles. The van der Waals surface area contributed by atoms with E-state index >= 15 is 0 Å². The molecule has 0 heterocycles. The number of hydrogen-bond donors (Lipinski definition) is 2. The Hall–Kier alpha value is -2.04. The van der Waals surface area contributed by atoms with E-state index in [-0.39, 0.29) is 12.1 Å². The third-order valence-corrected chi connectivity index (χ3v) is 3.47. The Kier molecular flexibility index (Phi) is 6.06. The smallest absolute Gasteiger partial charge is 0.306 e. The van der Waals surface area contributed by atoms with Crippen molar-refractivity contribution in [1.29, 1.82) is 0 Å². The molecule has 0 aromatic heterocycles. The van der Waals surface area contributed by atoms with Crippen LogP contribution in [0.2, 0.25) is 0 Å². The SMILES string of the molecule is NC(=NCCCC(=O)OC1CCCC1)Nc1ccccc1. The maximum absolute atomic E-state index is 11.6. The predicted molar refractivity (Wildman–Crippen MR) is 84.1 cm³/mol. The number of para-hydroxylation sites is 1. The van der Waals surface area contributed by atoms with Gasteiger partial charge in [-0.25, -0.2) is 0 Å². The number of carbonyl (C=O) groups excluding carboxylic acids is 1. The Balaban J connectivity index is 1.61. The third kappa shape index (κ3) is 5.85. The highest BCUT2D eigenvalue weighted by Crippen LogP contribution is 2.21. The zero-order valence-corrected chi connectivity index (χ0v) is 12.3. The summed E-state index contributed by atoms with van der Waals surface area (Å²) in [5.41, 5.74) is 6.68. The number of nitrogens with two attached hydrogens (primary N) is 1. The number of guanidine groups is 1. The number of nitrogens with zero attached hydrogens (tertiary/aromatic N) is 1. The number of benzene rings is 1. The molecular formula is C16H23N3O2. The van der Waals surface area contributed by atoms with Crippen LogP contribution in [0.5, 0.6) is 0 Å². The minimum absolute atomic E-state index is 0.119. The average Bonchev–Trinajstić information content (AvgIpc) is 2.97. The van der Waals surface area contributed by atoms with E-state index in [0.717, 1.165) is 18.5 Å². The molecule has 1 aromatic carbocycles. The van der Waals surface area contributed by atoms with Crippen LogP contribution in [0.15, 0.2) is 35.3 Å². The lowest BCUT2D eigenvalue weighted by Gasteiger charge is -2.10. The van der Waals surface area contributed by atoms with Crippen LogP contribution in [0.25, 0.3) is 0 Å². The van der Waals surface area contributed by atoms with Crippen LogP contribution in [0.4, 0.5) is 5.69 Å². The fourth-order valence-electron chi connectivity index (χ4n) is 2.38. The molecule has 5 heteroatoms. The topological polar surface area (TPSA) is 76.7 Å². The normalized spacial score (nSPS) is 15.9. The van der Waals surface area contributed by atoms with Crippen LogP contribution in [0, 0.1) is 0 Å². The minimum atomic E-state index is -0.119. The van der Waals surface area contributed by atoms with Crippen molar-refractivity contribution in [1.82, 2.24) is 0 Å². The molecule has 2 rings (SSSR count). The molecule has 0 bridgehead atoms. The van der Waals surface area contributed by atoms with Crippen molar-refractivity contribution in [2.45, 2.75) is 44.6 Å². The number of ether oxygens (including phenoxy) is 1. The van der Waals surface area contributed by atoms with Crippen LogP contribution in [-0.4, -0.2) is 24.6 Å². The lowest BCUT2D eigenvalue weighted by Crippen LogP contribution is -2.23. The fourth-order valence-corrected chi connectivity index (χ4v) is 2.38. The second kappa shape index (κ2) is 8.29. The van der Waals surface area contributed by atoms with Crippen molar-refractivity contribution in [3.63, 3.8) is 0 Å². The van der Waals surface area contributed by atoms with Crippen molar-refractivity contribution >= 4 is 17.6 Å². The number of esters is 1. The molecule has 0 aliphatic heterocycles. The van der Waals surface area contributed by atoms with Crippen LogP contribution >= 0.6 is 0 Å². The molecule has 0 radical (unpaired) electrons. The molecule has 1 aliphatic carbocycles. The van der Waals surface area contributed by atoms with Gasteiger partial charge in [-0.1, -0.05) is 18.2 Å². The fraction of sp³-hybridized carbons (Fsp3) is 0.500. The van der Waals surface area contributed by atoms with Crippen molar-refractivity contribution in [2.75, 3.05) is 11.9 Å². The number of rotatable bonds is 6. The van der Waals surface area contributed by atoms with Gasteiger partial charge in [0.25, 0.3) is 0 Å². The van der Waals surface area contributed by atoms with Crippen molar-refractivity contribution in [3.05, 3.63) is 30.3 Å². The van der Waals surface area contributed by atoms with E-state index < -0.39 is 0 Å². The van der Waals surface area contributed by atoms with E-state index in [4.69, 9.17) is 10.5 Å². The summed E-state index contributed by atoms with van der Waals surface area (Å²) >= 11 is 0. The molecule has 0 saturated heterocycles. The Morgan fingerprint density at radius 3 is 2.71 bits per heavy atom. The van der Waals surface area contributed by atoms with Gasteiger partial charge in [0.2, 0.25) is 0 Å². The summed E-state index contributed by atoms with van der Waals surface area (Å²) in [7, 11) is 0. The number of carbonyl (C=O) groups is 1. The van der Waals surface area contributed by atoms with Gasteiger partial charge in [-0.15, -0.1) is 0 Å². The van der Waals surface area contributed by atoms with Gasteiger partial charge < -0.3 is 15.8 Å². The van der Waals surface area contributed by atoms with Crippen LogP contribution in [0.1, 0.15) is 38.5 Å². The first-order chi connectivity index (χ1) is 10.2. The molecule has 3 N–H and O–H groups in total. The maximum Gasteiger partial charge on any atom is 0.306 e. The highest BCUT2D eigenvalue weighted by Gasteiger charge is 2.18. The summed E-state index contributed by atoms with van der Waals surface area (Å²) in [6.07, 6.45) is 5.57. The summed E-state index contributed by atoms with van der Waals surface area (Å²) in [6, 6.07) is 9.63. The monoisotopic (exact) mass is 289 g/mol. The minimum Gasteiger partial charge on any atom is -0.462 e. The molecule has 1 fully saturated rings. The van der Waals surface area contributed by atoms with Crippen LogP contribution < -0.4 is 11.1 Å². The van der Waals surface area contributed by atoms with Gasteiger partial charge in [0, 0.05) is 18.7 Å². The van der Waals surface area contributed by atoms with E-state index in [1.165, 1.54) is 12.8 Å². The molecule has 0 atom stereocenters. The summed E-state index contributed by atoms with van der Waals surface area (Å²) in [5, 5.41) is 3.00. The molecular weight excluding hydrogens is 266 g/mol. The lowest BCUT2D eigenvalue weighted by atomic mass is 10.3. The summed E-state index contributed by atoms with van der Waals surface area (Å²) in [5.74, 6) is 0.247. The summed E-state index contributed by atoms with van der Waals surface area (Å²) < 4.78 is 5.38. The molecule has 0 amide bonds. The van der Waals surface area contributed by atoms with Gasteiger partial charge >= 0.3 is 5.97 Å². The predicted octanol–water partition coefficient (Wildman–Crippen LogP) is 2.68. The Morgan fingerprint density at radius 2 is 2.00 bits per heavy atom. The first kappa shape index (κ1) is 15.4. The van der Waals surface area contributed by atoms with Crippen LogP contribution in [-0.2, 0) is 9.53 Å². The highest BCUT2D eigenvalue weighted by molar-refractivity contribution is 5.92. The van der Waals surface area contributed by atoms with Gasteiger partial charge in [-0.3, -0.25) is 9.79 Å². The van der Waals surface area contributed by atoms with E-state index in [1.807, 2.05) is 30.3 Å². The largest absolute Gasteiger partial charge is 0.462 e. The van der Waals surface area contributed by atoms with E-state index in [1.54, 1.807) is 0 Å². The van der Waals surface area contributed by atoms with Gasteiger partial charge in [0.15, 0.2) is 5.96 Å². The molecule has 1 aliphatic rings. The van der Waals surface area contributed by atoms with Gasteiger partial charge in [-0.05, 0) is 44.2 Å². The molecule has 0 spiro atoms. The quantitative estimate of drug-likeness (QED) is 0.365. The van der Waals surface area contributed by atoms with E-state index in [9.17, 15) is 4.79 Å². The Morgan fingerprint density at radius 1 is 1.29 bits per heavy atom. The first-order valence-corrected chi connectivity index (χ1v) is 7.55. The van der Waals surface area contributed by atoms with Gasteiger partial charge in [-0.2, -0.15) is 0 Å². The maximum atomic E-state index is 11.6. The highest BCUT2D eigenvalue weighted by atomic mass is 16.5. The summed E-state index contributed by atoms with van der Waals surface area (Å²) in [4.78, 5) is 15.8.